The Bertz CT molecular complexity index is 605. The molecule has 0 saturated heterocycles. The van der Waals surface area contributed by atoms with Crippen LogP contribution in [0.15, 0.2) is 18.2 Å². The van der Waals surface area contributed by atoms with Crippen molar-refractivity contribution in [3.8, 4) is 17.1 Å². The van der Waals surface area contributed by atoms with Gasteiger partial charge in [0.15, 0.2) is 5.82 Å². The Morgan fingerprint density at radius 3 is 3.00 bits per heavy atom. The van der Waals surface area contributed by atoms with Crippen LogP contribution in [0.3, 0.4) is 0 Å². The molecular formula is C14H18N4O. The summed E-state index contributed by atoms with van der Waals surface area (Å²) < 4.78 is 2.14. The summed E-state index contributed by atoms with van der Waals surface area (Å²) in [6.07, 6.45) is 1.95. The molecule has 0 bridgehead atoms. The number of nitrogens with two attached hydrogens (primary N) is 1. The maximum atomic E-state index is 9.81. The molecular weight excluding hydrogens is 240 g/mol. The predicted molar refractivity (Wildman–Crippen MR) is 72.7 cm³/mol. The van der Waals surface area contributed by atoms with E-state index in [9.17, 15) is 5.11 Å². The normalized spacial score (nSPS) is 18.3. The molecule has 2 aromatic rings. The number of aryl methyl sites for hydroxylation is 1. The molecule has 1 unspecified atom stereocenters. The first-order valence-electron chi connectivity index (χ1n) is 6.61. The summed E-state index contributed by atoms with van der Waals surface area (Å²) in [7, 11) is 0. The topological polar surface area (TPSA) is 77.0 Å². The van der Waals surface area contributed by atoms with E-state index in [1.807, 2.05) is 19.1 Å². The number of nitrogens with zero attached hydrogens (tertiary/aromatic N) is 3. The second-order valence-electron chi connectivity index (χ2n) is 5.19. The number of phenolic OH excluding ortho intramolecular Hbond substituents is 1. The maximum Gasteiger partial charge on any atom is 0.164 e. The van der Waals surface area contributed by atoms with Gasteiger partial charge in [-0.25, -0.2) is 0 Å². The highest BCUT2D eigenvalue weighted by atomic mass is 16.3. The lowest BCUT2D eigenvalue weighted by molar-refractivity contribution is 0.391. The van der Waals surface area contributed by atoms with E-state index in [2.05, 4.69) is 14.8 Å². The first kappa shape index (κ1) is 12.2. The zero-order valence-electron chi connectivity index (χ0n) is 11.0. The Kier molecular flexibility index (Phi) is 2.98. The standard InChI is InChI=1S/C14H18N4O/c1-9-2-3-11(7-12(9)19)14-17-16-13-6-10(8-15)4-5-18(13)14/h2-3,7,10,19H,4-6,8,15H2,1H3. The first-order chi connectivity index (χ1) is 9.19. The van der Waals surface area contributed by atoms with Crippen LogP contribution in [0.4, 0.5) is 0 Å². The third kappa shape index (κ3) is 2.10. The molecule has 3 rings (SSSR count). The van der Waals surface area contributed by atoms with E-state index < -0.39 is 0 Å². The van der Waals surface area contributed by atoms with Crippen LogP contribution in [-0.2, 0) is 13.0 Å². The van der Waals surface area contributed by atoms with Crippen molar-refractivity contribution >= 4 is 0 Å². The number of aromatic hydroxyl groups is 1. The van der Waals surface area contributed by atoms with Gasteiger partial charge in [0, 0.05) is 18.5 Å². The molecule has 1 aromatic carbocycles. The van der Waals surface area contributed by atoms with E-state index in [1.165, 1.54) is 0 Å². The molecule has 1 aliphatic heterocycles. The third-order valence-corrected chi connectivity index (χ3v) is 3.86. The van der Waals surface area contributed by atoms with Gasteiger partial charge in [0.1, 0.15) is 11.6 Å². The number of hydrogen-bond acceptors (Lipinski definition) is 4. The Morgan fingerprint density at radius 1 is 1.42 bits per heavy atom. The fourth-order valence-corrected chi connectivity index (χ4v) is 2.56. The second kappa shape index (κ2) is 4.66. The fraction of sp³-hybridized carbons (Fsp3) is 0.429. The second-order valence-corrected chi connectivity index (χ2v) is 5.19. The summed E-state index contributed by atoms with van der Waals surface area (Å²) in [4.78, 5) is 0. The number of phenols is 1. The van der Waals surface area contributed by atoms with Crippen molar-refractivity contribution in [2.24, 2.45) is 11.7 Å². The van der Waals surface area contributed by atoms with Crippen molar-refractivity contribution in [1.82, 2.24) is 14.8 Å². The summed E-state index contributed by atoms with van der Waals surface area (Å²) in [5.74, 6) is 2.64. The molecule has 0 saturated carbocycles. The molecule has 0 amide bonds. The van der Waals surface area contributed by atoms with Gasteiger partial charge in [0.2, 0.25) is 0 Å². The van der Waals surface area contributed by atoms with Crippen molar-refractivity contribution in [2.75, 3.05) is 6.54 Å². The monoisotopic (exact) mass is 258 g/mol. The SMILES string of the molecule is Cc1ccc(-c2nnc3n2CCC(CN)C3)cc1O. The molecule has 2 heterocycles. The molecule has 0 aliphatic carbocycles. The highest BCUT2D eigenvalue weighted by molar-refractivity contribution is 5.59. The van der Waals surface area contributed by atoms with Crippen LogP contribution in [0.2, 0.25) is 0 Å². The lowest BCUT2D eigenvalue weighted by Crippen LogP contribution is -2.25. The van der Waals surface area contributed by atoms with E-state index in [-0.39, 0.29) is 0 Å². The Hall–Kier alpha value is -1.88. The maximum absolute atomic E-state index is 9.81. The summed E-state index contributed by atoms with van der Waals surface area (Å²) >= 11 is 0. The zero-order valence-corrected chi connectivity index (χ0v) is 11.0. The van der Waals surface area contributed by atoms with Crippen molar-refractivity contribution < 1.29 is 5.11 Å². The van der Waals surface area contributed by atoms with Crippen LogP contribution in [0.5, 0.6) is 5.75 Å². The number of benzene rings is 1. The van der Waals surface area contributed by atoms with Crippen LogP contribution in [0.25, 0.3) is 11.4 Å². The molecule has 0 fully saturated rings. The molecule has 100 valence electrons. The van der Waals surface area contributed by atoms with Crippen molar-refractivity contribution in [3.63, 3.8) is 0 Å². The molecule has 0 radical (unpaired) electrons. The average Bonchev–Trinajstić information content (AvgIpc) is 2.84. The summed E-state index contributed by atoms with van der Waals surface area (Å²) in [6.45, 7) is 3.48. The lowest BCUT2D eigenvalue weighted by atomic mass is 9.98. The van der Waals surface area contributed by atoms with Gasteiger partial charge in [-0.1, -0.05) is 12.1 Å². The van der Waals surface area contributed by atoms with Gasteiger partial charge in [-0.2, -0.15) is 0 Å². The molecule has 1 aliphatic rings. The van der Waals surface area contributed by atoms with E-state index in [4.69, 9.17) is 5.73 Å². The zero-order chi connectivity index (χ0) is 13.4. The van der Waals surface area contributed by atoms with Gasteiger partial charge in [-0.15, -0.1) is 10.2 Å². The number of rotatable bonds is 2. The quantitative estimate of drug-likeness (QED) is 0.855. The van der Waals surface area contributed by atoms with Gasteiger partial charge in [-0.3, -0.25) is 0 Å². The number of hydrogen-bond donors (Lipinski definition) is 2. The fourth-order valence-electron chi connectivity index (χ4n) is 2.56. The average molecular weight is 258 g/mol. The molecule has 1 atom stereocenters. The first-order valence-corrected chi connectivity index (χ1v) is 6.61. The third-order valence-electron chi connectivity index (χ3n) is 3.86. The smallest absolute Gasteiger partial charge is 0.164 e. The molecule has 5 nitrogen and oxygen atoms in total. The van der Waals surface area contributed by atoms with Crippen molar-refractivity contribution in [1.29, 1.82) is 0 Å². The Morgan fingerprint density at radius 2 is 2.26 bits per heavy atom. The van der Waals surface area contributed by atoms with Gasteiger partial charge in [0.05, 0.1) is 0 Å². The largest absolute Gasteiger partial charge is 0.508 e. The van der Waals surface area contributed by atoms with E-state index in [0.717, 1.165) is 42.2 Å². The van der Waals surface area contributed by atoms with Gasteiger partial charge in [-0.05, 0) is 37.4 Å². The summed E-state index contributed by atoms with van der Waals surface area (Å²) in [5.41, 5.74) is 7.50. The van der Waals surface area contributed by atoms with E-state index in [0.29, 0.717) is 18.2 Å². The Balaban J connectivity index is 1.99. The minimum Gasteiger partial charge on any atom is -0.508 e. The molecule has 0 spiro atoms. The molecule has 5 heteroatoms. The highest BCUT2D eigenvalue weighted by Crippen LogP contribution is 2.28. The van der Waals surface area contributed by atoms with Gasteiger partial charge >= 0.3 is 0 Å². The van der Waals surface area contributed by atoms with E-state index in [1.54, 1.807) is 6.07 Å². The minimum atomic E-state index is 0.297. The molecule has 1 aromatic heterocycles. The number of fused-ring (bicyclic) bond motifs is 1. The van der Waals surface area contributed by atoms with Gasteiger partial charge in [0.25, 0.3) is 0 Å². The van der Waals surface area contributed by atoms with Crippen LogP contribution < -0.4 is 5.73 Å². The highest BCUT2D eigenvalue weighted by Gasteiger charge is 2.22. The van der Waals surface area contributed by atoms with Crippen LogP contribution in [0, 0.1) is 12.8 Å². The Labute approximate surface area is 112 Å². The van der Waals surface area contributed by atoms with Crippen LogP contribution in [-0.4, -0.2) is 26.4 Å². The molecule has 19 heavy (non-hydrogen) atoms. The summed E-state index contributed by atoms with van der Waals surface area (Å²) in [6, 6.07) is 5.63. The van der Waals surface area contributed by atoms with Crippen molar-refractivity contribution in [2.45, 2.75) is 26.3 Å². The lowest BCUT2D eigenvalue weighted by Gasteiger charge is -2.22. The number of aromatic nitrogens is 3. The van der Waals surface area contributed by atoms with Crippen LogP contribution >= 0.6 is 0 Å². The van der Waals surface area contributed by atoms with Gasteiger partial charge < -0.3 is 15.4 Å². The molecule has 3 N–H and O–H groups in total. The predicted octanol–water partition coefficient (Wildman–Crippen LogP) is 1.48. The van der Waals surface area contributed by atoms with Crippen molar-refractivity contribution in [3.05, 3.63) is 29.6 Å². The van der Waals surface area contributed by atoms with E-state index >= 15 is 0 Å². The minimum absolute atomic E-state index is 0.297. The van der Waals surface area contributed by atoms with Crippen LogP contribution in [0.1, 0.15) is 17.8 Å². The summed E-state index contributed by atoms with van der Waals surface area (Å²) in [5, 5.41) is 18.3.